The lowest BCUT2D eigenvalue weighted by atomic mass is 9.86. The maximum atomic E-state index is 5.76. The summed E-state index contributed by atoms with van der Waals surface area (Å²) >= 11 is 0. The first kappa shape index (κ1) is 37.6. The molecule has 0 fully saturated rings. The van der Waals surface area contributed by atoms with Crippen molar-refractivity contribution in [2.45, 2.75) is 93.9 Å². The number of aryl methyl sites for hydroxylation is 6. The lowest BCUT2D eigenvalue weighted by Crippen LogP contribution is -2.10. The van der Waals surface area contributed by atoms with E-state index in [0.29, 0.717) is 0 Å². The molecule has 314 valence electrons. The average molecular weight is 833 g/mol. The number of fused-ring (bicyclic) bond motifs is 18. The number of benzene rings is 7. The molecule has 64 heavy (non-hydrogen) atoms. The highest BCUT2D eigenvalue weighted by molar-refractivity contribution is 6.37. The molecule has 6 aromatic heterocycles. The van der Waals surface area contributed by atoms with Gasteiger partial charge in [-0.3, -0.25) is 17.6 Å². The molecule has 0 saturated heterocycles. The fourth-order valence-corrected chi connectivity index (χ4v) is 12.1. The molecule has 0 aliphatic heterocycles. The summed E-state index contributed by atoms with van der Waals surface area (Å²) < 4.78 is 9.95. The van der Waals surface area contributed by atoms with E-state index in [0.717, 1.165) is 33.6 Å². The maximum absolute atomic E-state index is 5.76. The summed E-state index contributed by atoms with van der Waals surface area (Å²) in [5.74, 6) is 1.89. The predicted octanol–water partition coefficient (Wildman–Crippen LogP) is 15.1. The van der Waals surface area contributed by atoms with Gasteiger partial charge >= 0.3 is 0 Å². The highest BCUT2D eigenvalue weighted by Gasteiger charge is 2.33. The van der Waals surface area contributed by atoms with E-state index in [1.165, 1.54) is 121 Å². The summed E-state index contributed by atoms with van der Waals surface area (Å²) in [7, 11) is 0. The Hall–Kier alpha value is -6.92. The van der Waals surface area contributed by atoms with Crippen LogP contribution >= 0.6 is 0 Å². The summed E-state index contributed by atoms with van der Waals surface area (Å²) in [6.45, 7) is 27.3. The van der Waals surface area contributed by atoms with E-state index in [4.69, 9.17) is 9.97 Å². The van der Waals surface area contributed by atoms with Gasteiger partial charge in [0.2, 0.25) is 11.6 Å². The first-order valence-electron chi connectivity index (χ1n) is 22.9. The molecule has 0 N–H and O–H groups in total. The summed E-state index contributed by atoms with van der Waals surface area (Å²) in [4.78, 5) is 11.5. The lowest BCUT2D eigenvalue weighted by Gasteiger charge is -2.19. The van der Waals surface area contributed by atoms with Gasteiger partial charge in [0.05, 0.1) is 55.2 Å². The van der Waals surface area contributed by atoms with Crippen molar-refractivity contribution < 1.29 is 0 Å². The molecule has 0 aliphatic carbocycles. The largest absolute Gasteiger partial charge is 0.277 e. The van der Waals surface area contributed by atoms with Gasteiger partial charge in [-0.05, 0) is 133 Å². The van der Waals surface area contributed by atoms with Crippen molar-refractivity contribution in [3.8, 4) is 22.3 Å². The van der Waals surface area contributed by atoms with Crippen molar-refractivity contribution in [2.24, 2.45) is 0 Å². The number of imidazole rings is 4. The van der Waals surface area contributed by atoms with Gasteiger partial charge in [0, 0.05) is 32.7 Å². The fourth-order valence-electron chi connectivity index (χ4n) is 12.1. The third-order valence-electron chi connectivity index (χ3n) is 14.7. The molecule has 13 aromatic rings. The van der Waals surface area contributed by atoms with Crippen molar-refractivity contribution in [1.29, 1.82) is 0 Å². The molecule has 7 aromatic carbocycles. The van der Waals surface area contributed by atoms with Crippen molar-refractivity contribution in [3.63, 3.8) is 0 Å². The van der Waals surface area contributed by atoms with Crippen LogP contribution in [0.25, 0.3) is 111 Å². The van der Waals surface area contributed by atoms with Gasteiger partial charge in [-0.2, -0.15) is 0 Å². The highest BCUT2D eigenvalue weighted by Crippen LogP contribution is 2.51. The van der Waals surface area contributed by atoms with E-state index >= 15 is 0 Å². The molecule has 6 heteroatoms. The van der Waals surface area contributed by atoms with Gasteiger partial charge < -0.3 is 0 Å². The van der Waals surface area contributed by atoms with E-state index in [-0.39, 0.29) is 10.8 Å². The first-order chi connectivity index (χ1) is 30.5. The SMILES string of the molecule is Cc1cc(C)c(-c2cccc3c2nc2n3c3c4c5cc(C(C)(C)C)ccc5n5c4c(c4c6cc(C(C)(C)C)ccc6n2c43)n2c3cccc(-c4c(C)cc(C)cc4C)c3nc25)c(C)c1. The number of nitrogens with zero attached hydrogens (tertiary/aromatic N) is 6. The van der Waals surface area contributed by atoms with Crippen LogP contribution in [0.3, 0.4) is 0 Å². The molecular weight excluding hydrogens is 781 g/mol. The summed E-state index contributed by atoms with van der Waals surface area (Å²) in [5.41, 5.74) is 26.5. The monoisotopic (exact) mass is 832 g/mol. The van der Waals surface area contributed by atoms with Crippen LogP contribution in [0.5, 0.6) is 0 Å². The fraction of sp³-hybridized carbons (Fsp3) is 0.241. The molecule has 0 unspecified atom stereocenters. The zero-order valence-electron chi connectivity index (χ0n) is 38.9. The van der Waals surface area contributed by atoms with Crippen LogP contribution in [0, 0.1) is 41.5 Å². The molecule has 6 nitrogen and oxygen atoms in total. The smallest absolute Gasteiger partial charge is 0.220 e. The van der Waals surface area contributed by atoms with Crippen molar-refractivity contribution >= 4 is 88.3 Å². The molecule has 0 amide bonds. The Labute approximate surface area is 372 Å². The topological polar surface area (TPSA) is 43.4 Å². The molecule has 13 rings (SSSR count). The van der Waals surface area contributed by atoms with Crippen molar-refractivity contribution in [3.05, 3.63) is 142 Å². The summed E-state index contributed by atoms with van der Waals surface area (Å²) in [5, 5.41) is 4.98. The predicted molar refractivity (Wildman–Crippen MR) is 270 cm³/mol. The summed E-state index contributed by atoms with van der Waals surface area (Å²) in [6.07, 6.45) is 0. The summed E-state index contributed by atoms with van der Waals surface area (Å²) in [6, 6.07) is 37.1. The van der Waals surface area contributed by atoms with E-state index in [1.807, 2.05) is 0 Å². The van der Waals surface area contributed by atoms with Gasteiger partial charge in [0.15, 0.2) is 0 Å². The molecule has 0 aliphatic rings. The number of hydrogen-bond acceptors (Lipinski definition) is 2. The van der Waals surface area contributed by atoms with E-state index in [9.17, 15) is 0 Å². The third-order valence-corrected chi connectivity index (χ3v) is 14.7. The minimum Gasteiger partial charge on any atom is -0.277 e. The minimum absolute atomic E-state index is 0.0460. The van der Waals surface area contributed by atoms with Gasteiger partial charge in [0.25, 0.3) is 0 Å². The minimum atomic E-state index is -0.0460. The van der Waals surface area contributed by atoms with Crippen LogP contribution in [0.4, 0.5) is 0 Å². The number of rotatable bonds is 2. The average Bonchev–Trinajstić information content (AvgIpc) is 4.04. The second-order valence-corrected chi connectivity index (χ2v) is 21.2. The Kier molecular flexibility index (Phi) is 7.05. The maximum Gasteiger partial charge on any atom is 0.220 e. The molecule has 0 atom stereocenters. The lowest BCUT2D eigenvalue weighted by molar-refractivity contribution is 0.591. The van der Waals surface area contributed by atoms with Crippen molar-refractivity contribution in [1.82, 2.24) is 27.6 Å². The highest BCUT2D eigenvalue weighted by atomic mass is 15.2. The second kappa shape index (κ2) is 12.0. The van der Waals surface area contributed by atoms with Crippen LogP contribution in [0.2, 0.25) is 0 Å². The Morgan fingerprint density at radius 3 is 1.08 bits per heavy atom. The second-order valence-electron chi connectivity index (χ2n) is 21.2. The van der Waals surface area contributed by atoms with E-state index in [1.54, 1.807) is 0 Å². The Morgan fingerprint density at radius 1 is 0.391 bits per heavy atom. The van der Waals surface area contributed by atoms with Crippen LogP contribution in [-0.4, -0.2) is 27.6 Å². The third kappa shape index (κ3) is 4.60. The Morgan fingerprint density at radius 2 is 0.734 bits per heavy atom. The normalized spacial score (nSPS) is 13.3. The van der Waals surface area contributed by atoms with Crippen LogP contribution in [0.15, 0.2) is 97.1 Å². The van der Waals surface area contributed by atoms with Crippen LogP contribution < -0.4 is 0 Å². The molecule has 0 radical (unpaired) electrons. The van der Waals surface area contributed by atoms with Crippen molar-refractivity contribution in [2.75, 3.05) is 0 Å². The zero-order valence-corrected chi connectivity index (χ0v) is 38.9. The van der Waals surface area contributed by atoms with Gasteiger partial charge in [0.1, 0.15) is 0 Å². The Balaban J connectivity index is 1.31. The van der Waals surface area contributed by atoms with E-state index in [2.05, 4.69) is 198 Å². The molecular formula is C58H52N6. The number of hydrogen-bond donors (Lipinski definition) is 0. The van der Waals surface area contributed by atoms with Crippen LogP contribution in [0.1, 0.15) is 86.1 Å². The number of para-hydroxylation sites is 2. The standard InChI is InChI=1S/C58H52N6/c1-29-23-31(3)45(32(4)24-29)37-15-13-17-43-49(37)59-55-61-41-21-19-35(57(7,8)9)27-39(41)48-51(61)53(63(43)55)47-40-28-36(58(10,11)12)20-22-42(40)62-52(47)54(48)64-44-18-14-16-38(50(44)60-56(62)64)46-33(5)25-30(2)26-34(46)6/h13-28H,1-12H3. The van der Waals surface area contributed by atoms with Gasteiger partial charge in [-0.1, -0.05) is 113 Å². The van der Waals surface area contributed by atoms with Gasteiger partial charge in [-0.15, -0.1) is 0 Å². The molecule has 0 spiro atoms. The first-order valence-corrected chi connectivity index (χ1v) is 22.9. The quantitative estimate of drug-likeness (QED) is 0.174. The Bertz CT molecular complexity index is 3880. The molecule has 0 bridgehead atoms. The van der Waals surface area contributed by atoms with E-state index < -0.39 is 0 Å². The molecule has 6 heterocycles. The van der Waals surface area contributed by atoms with Gasteiger partial charge in [-0.25, -0.2) is 9.97 Å². The molecule has 0 saturated carbocycles. The zero-order chi connectivity index (χ0) is 44.2. The number of aromatic nitrogens is 6. The van der Waals surface area contributed by atoms with Crippen LogP contribution in [-0.2, 0) is 10.8 Å².